The van der Waals surface area contributed by atoms with E-state index in [0.29, 0.717) is 23.6 Å². The third-order valence-electron chi connectivity index (χ3n) is 5.12. The van der Waals surface area contributed by atoms with Crippen LogP contribution in [0.1, 0.15) is 37.1 Å². The van der Waals surface area contributed by atoms with Crippen LogP contribution in [-0.4, -0.2) is 28.1 Å². The Hall–Kier alpha value is -3.67. The van der Waals surface area contributed by atoms with Gasteiger partial charge in [0.2, 0.25) is 5.91 Å². The van der Waals surface area contributed by atoms with Crippen LogP contribution in [0.2, 0.25) is 0 Å². The van der Waals surface area contributed by atoms with Crippen molar-refractivity contribution in [2.24, 2.45) is 0 Å². The molecule has 1 N–H and O–H groups in total. The monoisotopic (exact) mass is 400 g/mol. The molecule has 2 amide bonds. The number of nitrogens with one attached hydrogen (secondary N) is 1. The number of carbonyl (C=O) groups excluding carboxylic acids is 2. The number of benzene rings is 2. The zero-order chi connectivity index (χ0) is 20.9. The summed E-state index contributed by atoms with van der Waals surface area (Å²) in [6.07, 6.45) is 5.07. The second kappa shape index (κ2) is 8.78. The van der Waals surface area contributed by atoms with E-state index in [0.717, 1.165) is 18.4 Å². The number of para-hydroxylation sites is 1. The molecule has 0 saturated carbocycles. The Bertz CT molecular complexity index is 1060. The number of fused-ring (bicyclic) bond motifs is 1. The van der Waals surface area contributed by atoms with Crippen molar-refractivity contribution in [1.82, 2.24) is 15.1 Å². The van der Waals surface area contributed by atoms with Gasteiger partial charge in [0.15, 0.2) is 6.04 Å². The average molecular weight is 400 g/mol. The summed E-state index contributed by atoms with van der Waals surface area (Å²) in [6.45, 7) is 2.64. The van der Waals surface area contributed by atoms with Gasteiger partial charge in [-0.3, -0.25) is 14.5 Å². The highest BCUT2D eigenvalue weighted by Crippen LogP contribution is 2.33. The number of rotatable bonds is 6. The number of unbranched alkanes of at least 4 members (excludes halogenated alkanes) is 1. The van der Waals surface area contributed by atoms with Crippen LogP contribution in [0.3, 0.4) is 0 Å². The van der Waals surface area contributed by atoms with E-state index in [1.165, 1.54) is 0 Å². The van der Waals surface area contributed by atoms with Gasteiger partial charge in [0, 0.05) is 30.1 Å². The highest BCUT2D eigenvalue weighted by Gasteiger charge is 2.37. The maximum Gasteiger partial charge on any atom is 0.254 e. The molecule has 2 heterocycles. The van der Waals surface area contributed by atoms with Crippen LogP contribution in [-0.2, 0) is 9.59 Å². The van der Waals surface area contributed by atoms with Crippen LogP contribution in [0, 0.1) is 0 Å². The first kappa shape index (κ1) is 19.6. The molecule has 1 aliphatic heterocycles. The summed E-state index contributed by atoms with van der Waals surface area (Å²) >= 11 is 0. The van der Waals surface area contributed by atoms with Crippen molar-refractivity contribution in [2.45, 2.75) is 25.8 Å². The first-order chi connectivity index (χ1) is 14.7. The number of aromatic nitrogens is 2. The first-order valence-electron chi connectivity index (χ1n) is 10.2. The van der Waals surface area contributed by atoms with Crippen LogP contribution >= 0.6 is 0 Å². The molecule has 0 fully saturated rings. The van der Waals surface area contributed by atoms with Crippen LogP contribution in [0.25, 0.3) is 5.70 Å². The van der Waals surface area contributed by atoms with Gasteiger partial charge in [0.25, 0.3) is 5.91 Å². The fourth-order valence-corrected chi connectivity index (χ4v) is 3.65. The van der Waals surface area contributed by atoms with Crippen molar-refractivity contribution in [3.63, 3.8) is 0 Å². The van der Waals surface area contributed by atoms with Gasteiger partial charge in [-0.05, 0) is 24.6 Å². The highest BCUT2D eigenvalue weighted by atomic mass is 16.2. The van der Waals surface area contributed by atoms with E-state index in [9.17, 15) is 9.59 Å². The zero-order valence-corrected chi connectivity index (χ0v) is 16.9. The maximum absolute atomic E-state index is 13.4. The van der Waals surface area contributed by atoms with Gasteiger partial charge in [0.05, 0.1) is 11.4 Å². The van der Waals surface area contributed by atoms with Crippen molar-refractivity contribution < 1.29 is 9.59 Å². The van der Waals surface area contributed by atoms with Crippen LogP contribution in [0.5, 0.6) is 0 Å². The molecular weight excluding hydrogens is 376 g/mol. The number of hydrogen-bond donors (Lipinski definition) is 1. The third-order valence-corrected chi connectivity index (χ3v) is 5.12. The molecule has 0 aliphatic carbocycles. The lowest BCUT2D eigenvalue weighted by molar-refractivity contribution is -0.125. The molecule has 1 atom stereocenters. The van der Waals surface area contributed by atoms with E-state index in [1.807, 2.05) is 60.7 Å². The van der Waals surface area contributed by atoms with Crippen LogP contribution < -0.4 is 10.2 Å². The molecule has 0 spiro atoms. The lowest BCUT2D eigenvalue weighted by atomic mass is 10.1. The summed E-state index contributed by atoms with van der Waals surface area (Å²) < 4.78 is 1.69. The van der Waals surface area contributed by atoms with E-state index >= 15 is 0 Å². The predicted octanol–water partition coefficient (Wildman–Crippen LogP) is 3.78. The Morgan fingerprint density at radius 2 is 1.73 bits per heavy atom. The number of anilines is 1. The SMILES string of the molecule is CCCCNC(=O)C1c2ccnn2C(c2ccccc2)=CC(=O)N1c1ccccc1. The number of carbonyl (C=O) groups is 2. The molecule has 4 rings (SSSR count). The molecule has 0 radical (unpaired) electrons. The summed E-state index contributed by atoms with van der Waals surface area (Å²) in [7, 11) is 0. The second-order valence-corrected chi connectivity index (χ2v) is 7.15. The van der Waals surface area contributed by atoms with Crippen molar-refractivity contribution in [3.05, 3.63) is 90.3 Å². The zero-order valence-electron chi connectivity index (χ0n) is 16.9. The molecule has 30 heavy (non-hydrogen) atoms. The number of amides is 2. The molecule has 1 aliphatic rings. The van der Waals surface area contributed by atoms with E-state index < -0.39 is 6.04 Å². The summed E-state index contributed by atoms with van der Waals surface area (Å²) in [5, 5.41) is 7.45. The molecular formula is C24H24N4O2. The van der Waals surface area contributed by atoms with E-state index in [2.05, 4.69) is 17.3 Å². The smallest absolute Gasteiger partial charge is 0.254 e. The van der Waals surface area contributed by atoms with Gasteiger partial charge >= 0.3 is 0 Å². The molecule has 6 nitrogen and oxygen atoms in total. The molecule has 3 aromatic rings. The van der Waals surface area contributed by atoms with Gasteiger partial charge in [-0.1, -0.05) is 61.9 Å². The van der Waals surface area contributed by atoms with Gasteiger partial charge in [-0.25, -0.2) is 4.68 Å². The van der Waals surface area contributed by atoms with Crippen molar-refractivity contribution in [1.29, 1.82) is 0 Å². The Morgan fingerprint density at radius 1 is 1.03 bits per heavy atom. The summed E-state index contributed by atoms with van der Waals surface area (Å²) in [5.74, 6) is -0.480. The number of nitrogens with zero attached hydrogens (tertiary/aromatic N) is 3. The van der Waals surface area contributed by atoms with Crippen molar-refractivity contribution >= 4 is 23.2 Å². The van der Waals surface area contributed by atoms with Gasteiger partial charge in [-0.2, -0.15) is 5.10 Å². The number of hydrogen-bond acceptors (Lipinski definition) is 3. The topological polar surface area (TPSA) is 67.2 Å². The average Bonchev–Trinajstić information content (AvgIpc) is 3.21. The standard InChI is InChI=1S/C24H24N4O2/c1-2-3-15-25-24(30)23-20-14-16-26-28(20)21(18-10-6-4-7-11-18)17-22(29)27(23)19-12-8-5-9-13-19/h4-14,16-17,23H,2-3,15H2,1H3,(H,25,30). The first-order valence-corrected chi connectivity index (χ1v) is 10.2. The molecule has 152 valence electrons. The molecule has 6 heteroatoms. The minimum absolute atomic E-state index is 0.217. The van der Waals surface area contributed by atoms with Crippen molar-refractivity contribution in [2.75, 3.05) is 11.4 Å². The fourth-order valence-electron chi connectivity index (χ4n) is 3.65. The Balaban J connectivity index is 1.85. The Morgan fingerprint density at radius 3 is 2.43 bits per heavy atom. The van der Waals surface area contributed by atoms with Crippen LogP contribution in [0.15, 0.2) is 79.0 Å². The van der Waals surface area contributed by atoms with Crippen molar-refractivity contribution in [3.8, 4) is 0 Å². The third kappa shape index (κ3) is 3.76. The molecule has 2 aromatic carbocycles. The Labute approximate surface area is 175 Å². The minimum Gasteiger partial charge on any atom is -0.354 e. The summed E-state index contributed by atoms with van der Waals surface area (Å²) in [6, 6.07) is 19.9. The molecule has 1 unspecified atom stereocenters. The highest BCUT2D eigenvalue weighted by molar-refractivity contribution is 6.10. The second-order valence-electron chi connectivity index (χ2n) is 7.15. The fraction of sp³-hybridized carbons (Fsp3) is 0.208. The maximum atomic E-state index is 13.4. The summed E-state index contributed by atoms with van der Waals surface area (Å²) in [4.78, 5) is 28.3. The largest absolute Gasteiger partial charge is 0.354 e. The van der Waals surface area contributed by atoms with Gasteiger partial charge in [0.1, 0.15) is 0 Å². The van der Waals surface area contributed by atoms with E-state index in [-0.39, 0.29) is 11.8 Å². The normalized spacial score (nSPS) is 15.9. The van der Waals surface area contributed by atoms with Gasteiger partial charge in [-0.15, -0.1) is 0 Å². The van der Waals surface area contributed by atoms with Gasteiger partial charge < -0.3 is 5.32 Å². The molecule has 0 bridgehead atoms. The molecule has 1 aromatic heterocycles. The molecule has 0 saturated heterocycles. The Kier molecular flexibility index (Phi) is 5.75. The van der Waals surface area contributed by atoms with E-state index in [4.69, 9.17) is 0 Å². The summed E-state index contributed by atoms with van der Waals surface area (Å²) in [5.41, 5.74) is 2.81. The lowest BCUT2D eigenvalue weighted by Crippen LogP contribution is -2.43. The van der Waals surface area contributed by atoms with Crippen LogP contribution in [0.4, 0.5) is 5.69 Å². The predicted molar refractivity (Wildman–Crippen MR) is 117 cm³/mol. The lowest BCUT2D eigenvalue weighted by Gasteiger charge is -2.29. The minimum atomic E-state index is -0.822. The van der Waals surface area contributed by atoms with E-state index in [1.54, 1.807) is 27.9 Å². The quantitative estimate of drug-likeness (QED) is 0.641.